The number of aromatic nitrogens is 2. The summed E-state index contributed by atoms with van der Waals surface area (Å²) in [6.45, 7) is 0. The molecular weight excluding hydrogens is 164 g/mol. The first-order chi connectivity index (χ1) is 6.42. The van der Waals surface area contributed by atoms with E-state index in [1.165, 1.54) is 6.08 Å². The van der Waals surface area contributed by atoms with Crippen LogP contribution >= 0.6 is 0 Å². The van der Waals surface area contributed by atoms with Gasteiger partial charge in [-0.25, -0.2) is 4.98 Å². The van der Waals surface area contributed by atoms with Crippen molar-refractivity contribution >= 4 is 23.5 Å². The van der Waals surface area contributed by atoms with Crippen LogP contribution in [0.2, 0.25) is 0 Å². The van der Waals surface area contributed by atoms with Crippen molar-refractivity contribution in [2.75, 3.05) is 0 Å². The van der Waals surface area contributed by atoms with E-state index >= 15 is 0 Å². The standard InChI is InChI=1S/C10H8N2O/c13-7-3-6-12-8-11-9-4-1-2-5-10(9)12/h1-8H/b6-3+. The average Bonchev–Trinajstić information content (AvgIpc) is 2.58. The fraction of sp³-hybridized carbons (Fsp3) is 0. The maximum Gasteiger partial charge on any atom is 0.144 e. The summed E-state index contributed by atoms with van der Waals surface area (Å²) >= 11 is 0. The van der Waals surface area contributed by atoms with Gasteiger partial charge in [0.2, 0.25) is 0 Å². The molecule has 2 aromatic rings. The van der Waals surface area contributed by atoms with Crippen LogP contribution in [0, 0.1) is 0 Å². The first-order valence-electron chi connectivity index (χ1n) is 3.95. The number of hydrogen-bond acceptors (Lipinski definition) is 2. The lowest BCUT2D eigenvalue weighted by atomic mass is 10.3. The Bertz CT molecular complexity index is 457. The zero-order valence-corrected chi connectivity index (χ0v) is 6.92. The predicted octanol–water partition coefficient (Wildman–Crippen LogP) is 1.71. The van der Waals surface area contributed by atoms with Gasteiger partial charge in [-0.15, -0.1) is 0 Å². The van der Waals surface area contributed by atoms with E-state index in [2.05, 4.69) is 4.98 Å². The molecule has 0 spiro atoms. The van der Waals surface area contributed by atoms with E-state index in [1.54, 1.807) is 12.5 Å². The van der Waals surface area contributed by atoms with Gasteiger partial charge < -0.3 is 4.57 Å². The summed E-state index contributed by atoms with van der Waals surface area (Å²) in [7, 11) is 0. The zero-order chi connectivity index (χ0) is 9.10. The molecule has 0 aliphatic heterocycles. The van der Waals surface area contributed by atoms with Crippen molar-refractivity contribution in [1.82, 2.24) is 9.55 Å². The zero-order valence-electron chi connectivity index (χ0n) is 6.92. The van der Waals surface area contributed by atoms with Gasteiger partial charge >= 0.3 is 0 Å². The van der Waals surface area contributed by atoms with Crippen molar-refractivity contribution in [1.29, 1.82) is 0 Å². The highest BCUT2D eigenvalue weighted by atomic mass is 16.1. The molecule has 0 saturated carbocycles. The molecule has 1 heterocycles. The summed E-state index contributed by atoms with van der Waals surface area (Å²) in [4.78, 5) is 14.3. The number of aldehydes is 1. The van der Waals surface area contributed by atoms with E-state index in [0.717, 1.165) is 17.3 Å². The van der Waals surface area contributed by atoms with Crippen LogP contribution in [0.5, 0.6) is 0 Å². The molecule has 3 nitrogen and oxygen atoms in total. The topological polar surface area (TPSA) is 34.9 Å². The van der Waals surface area contributed by atoms with Crippen LogP contribution < -0.4 is 0 Å². The quantitative estimate of drug-likeness (QED) is 0.510. The van der Waals surface area contributed by atoms with Crippen LogP contribution in [0.3, 0.4) is 0 Å². The number of imidazole rings is 1. The monoisotopic (exact) mass is 172 g/mol. The van der Waals surface area contributed by atoms with E-state index in [4.69, 9.17) is 0 Å². The minimum absolute atomic E-state index is 0.745. The molecule has 1 aromatic heterocycles. The number of carbonyl (C=O) groups is 1. The SMILES string of the molecule is O=C/C=C/n1cnc2ccccc21. The molecule has 0 atom stereocenters. The van der Waals surface area contributed by atoms with E-state index in [-0.39, 0.29) is 0 Å². The lowest BCUT2D eigenvalue weighted by Gasteiger charge is -1.92. The summed E-state index contributed by atoms with van der Waals surface area (Å²) in [6, 6.07) is 7.76. The van der Waals surface area contributed by atoms with Gasteiger partial charge in [-0.3, -0.25) is 4.79 Å². The number of allylic oxidation sites excluding steroid dienone is 1. The summed E-state index contributed by atoms with van der Waals surface area (Å²) in [6.07, 6.45) is 5.55. The molecule has 0 saturated heterocycles. The van der Waals surface area contributed by atoms with Gasteiger partial charge in [-0.05, 0) is 18.2 Å². The fourth-order valence-corrected chi connectivity index (χ4v) is 1.22. The molecule has 64 valence electrons. The molecule has 0 radical (unpaired) electrons. The number of benzene rings is 1. The van der Waals surface area contributed by atoms with Crippen LogP contribution in [-0.2, 0) is 4.79 Å². The van der Waals surface area contributed by atoms with Crippen LogP contribution in [-0.4, -0.2) is 15.8 Å². The van der Waals surface area contributed by atoms with Crippen LogP contribution in [0.15, 0.2) is 36.7 Å². The van der Waals surface area contributed by atoms with Gasteiger partial charge in [0, 0.05) is 6.20 Å². The first kappa shape index (κ1) is 7.73. The Hall–Kier alpha value is -1.90. The Morgan fingerprint density at radius 1 is 1.31 bits per heavy atom. The fourth-order valence-electron chi connectivity index (χ4n) is 1.22. The Morgan fingerprint density at radius 2 is 2.15 bits per heavy atom. The molecule has 3 heteroatoms. The third-order valence-electron chi connectivity index (χ3n) is 1.81. The summed E-state index contributed by atoms with van der Waals surface area (Å²) in [5, 5.41) is 0. The van der Waals surface area contributed by atoms with Crippen molar-refractivity contribution in [3.63, 3.8) is 0 Å². The molecule has 0 unspecified atom stereocenters. The van der Waals surface area contributed by atoms with Crippen LogP contribution in [0.4, 0.5) is 0 Å². The molecular formula is C10H8N2O. The Kier molecular flexibility index (Phi) is 1.92. The van der Waals surface area contributed by atoms with E-state index in [1.807, 2.05) is 28.8 Å². The Labute approximate surface area is 75.3 Å². The molecule has 0 aliphatic rings. The third kappa shape index (κ3) is 1.36. The largest absolute Gasteiger partial charge is 0.306 e. The molecule has 0 bridgehead atoms. The number of rotatable bonds is 2. The van der Waals surface area contributed by atoms with Crippen molar-refractivity contribution < 1.29 is 4.79 Å². The Balaban J connectivity index is 2.57. The lowest BCUT2D eigenvalue weighted by Crippen LogP contribution is -1.81. The van der Waals surface area contributed by atoms with E-state index in [0.29, 0.717) is 0 Å². The van der Waals surface area contributed by atoms with Gasteiger partial charge in [0.05, 0.1) is 17.4 Å². The normalized spacial score (nSPS) is 11.1. The number of para-hydroxylation sites is 2. The van der Waals surface area contributed by atoms with Gasteiger partial charge in [-0.1, -0.05) is 12.1 Å². The minimum Gasteiger partial charge on any atom is -0.306 e. The number of fused-ring (bicyclic) bond motifs is 1. The highest BCUT2D eigenvalue weighted by Crippen LogP contribution is 2.11. The maximum absolute atomic E-state index is 10.1. The van der Waals surface area contributed by atoms with Crippen molar-refractivity contribution in [2.45, 2.75) is 0 Å². The number of hydrogen-bond donors (Lipinski definition) is 0. The molecule has 0 amide bonds. The Morgan fingerprint density at radius 3 is 3.00 bits per heavy atom. The van der Waals surface area contributed by atoms with Crippen molar-refractivity contribution in [3.05, 3.63) is 36.7 Å². The lowest BCUT2D eigenvalue weighted by molar-refractivity contribution is -0.104. The van der Waals surface area contributed by atoms with E-state index in [9.17, 15) is 4.79 Å². The minimum atomic E-state index is 0.745. The predicted molar refractivity (Wildman–Crippen MR) is 51.1 cm³/mol. The maximum atomic E-state index is 10.1. The van der Waals surface area contributed by atoms with Crippen molar-refractivity contribution in [2.24, 2.45) is 0 Å². The van der Waals surface area contributed by atoms with Gasteiger partial charge in [0.15, 0.2) is 0 Å². The van der Waals surface area contributed by atoms with Gasteiger partial charge in [-0.2, -0.15) is 0 Å². The third-order valence-corrected chi connectivity index (χ3v) is 1.81. The van der Waals surface area contributed by atoms with Crippen LogP contribution in [0.25, 0.3) is 17.2 Å². The van der Waals surface area contributed by atoms with E-state index < -0.39 is 0 Å². The molecule has 13 heavy (non-hydrogen) atoms. The second-order valence-electron chi connectivity index (χ2n) is 2.62. The average molecular weight is 172 g/mol. The second-order valence-corrected chi connectivity index (χ2v) is 2.62. The highest BCUT2D eigenvalue weighted by Gasteiger charge is 1.96. The summed E-state index contributed by atoms with van der Waals surface area (Å²) in [5.74, 6) is 0. The number of nitrogens with zero attached hydrogens (tertiary/aromatic N) is 2. The molecule has 0 N–H and O–H groups in total. The molecule has 2 rings (SSSR count). The first-order valence-corrected chi connectivity index (χ1v) is 3.95. The smallest absolute Gasteiger partial charge is 0.144 e. The number of carbonyl (C=O) groups excluding carboxylic acids is 1. The van der Waals surface area contributed by atoms with Gasteiger partial charge in [0.1, 0.15) is 6.29 Å². The molecule has 0 fully saturated rings. The van der Waals surface area contributed by atoms with Crippen LogP contribution in [0.1, 0.15) is 0 Å². The summed E-state index contributed by atoms with van der Waals surface area (Å²) in [5.41, 5.74) is 1.93. The molecule has 0 aliphatic carbocycles. The highest BCUT2D eigenvalue weighted by molar-refractivity contribution is 5.79. The summed E-state index contributed by atoms with van der Waals surface area (Å²) < 4.78 is 1.81. The van der Waals surface area contributed by atoms with Gasteiger partial charge in [0.25, 0.3) is 0 Å². The second kappa shape index (κ2) is 3.23. The molecule has 1 aromatic carbocycles. The van der Waals surface area contributed by atoms with Crippen molar-refractivity contribution in [3.8, 4) is 0 Å².